The Balaban J connectivity index is 2.14. The first-order valence-corrected chi connectivity index (χ1v) is 6.36. The third-order valence-electron chi connectivity index (χ3n) is 2.99. The third kappa shape index (κ3) is 2.83. The number of imide groups is 1. The molecule has 1 aliphatic heterocycles. The van der Waals surface area contributed by atoms with Crippen LogP contribution < -0.4 is 5.32 Å². The molecule has 2 rings (SSSR count). The predicted molar refractivity (Wildman–Crippen MR) is 71.6 cm³/mol. The van der Waals surface area contributed by atoms with Crippen LogP contribution in [0.15, 0.2) is 18.3 Å². The molecule has 1 aliphatic rings. The SMILES string of the molecule is CCCNc1ncccc1CN1C(=O)CN(C)C1=O. The number of nitrogens with zero attached hydrogens (tertiary/aromatic N) is 3. The molecular weight excluding hydrogens is 244 g/mol. The van der Waals surface area contributed by atoms with E-state index >= 15 is 0 Å². The Hall–Kier alpha value is -2.11. The Labute approximate surface area is 112 Å². The van der Waals surface area contributed by atoms with Gasteiger partial charge in [-0.25, -0.2) is 9.78 Å². The zero-order chi connectivity index (χ0) is 13.8. The van der Waals surface area contributed by atoms with Crippen molar-refractivity contribution in [1.29, 1.82) is 0 Å². The summed E-state index contributed by atoms with van der Waals surface area (Å²) in [6.45, 7) is 3.29. The zero-order valence-corrected chi connectivity index (χ0v) is 11.2. The second-order valence-corrected chi connectivity index (χ2v) is 4.56. The van der Waals surface area contributed by atoms with Crippen molar-refractivity contribution in [3.8, 4) is 0 Å². The summed E-state index contributed by atoms with van der Waals surface area (Å²) in [6.07, 6.45) is 2.68. The largest absolute Gasteiger partial charge is 0.370 e. The fourth-order valence-corrected chi connectivity index (χ4v) is 1.96. The molecule has 0 bridgehead atoms. The van der Waals surface area contributed by atoms with Gasteiger partial charge in [-0.3, -0.25) is 9.69 Å². The van der Waals surface area contributed by atoms with Gasteiger partial charge in [-0.1, -0.05) is 13.0 Å². The first-order valence-electron chi connectivity index (χ1n) is 6.36. The van der Waals surface area contributed by atoms with Gasteiger partial charge in [-0.2, -0.15) is 0 Å². The van der Waals surface area contributed by atoms with Crippen molar-refractivity contribution >= 4 is 17.8 Å². The number of anilines is 1. The molecule has 0 spiro atoms. The highest BCUT2D eigenvalue weighted by Crippen LogP contribution is 2.18. The maximum atomic E-state index is 11.8. The van der Waals surface area contributed by atoms with E-state index in [1.54, 1.807) is 19.3 Å². The number of likely N-dealkylation sites (N-methyl/N-ethyl adjacent to an activating group) is 1. The quantitative estimate of drug-likeness (QED) is 0.812. The molecule has 1 aromatic rings. The first-order chi connectivity index (χ1) is 9.13. The van der Waals surface area contributed by atoms with Gasteiger partial charge < -0.3 is 10.2 Å². The summed E-state index contributed by atoms with van der Waals surface area (Å²) in [5, 5.41) is 3.20. The monoisotopic (exact) mass is 262 g/mol. The number of rotatable bonds is 5. The summed E-state index contributed by atoms with van der Waals surface area (Å²) >= 11 is 0. The van der Waals surface area contributed by atoms with Gasteiger partial charge in [0.15, 0.2) is 0 Å². The topological polar surface area (TPSA) is 65.5 Å². The summed E-state index contributed by atoms with van der Waals surface area (Å²) in [7, 11) is 1.62. The Morgan fingerprint density at radius 3 is 2.84 bits per heavy atom. The normalized spacial score (nSPS) is 15.3. The highest BCUT2D eigenvalue weighted by atomic mass is 16.2. The highest BCUT2D eigenvalue weighted by Gasteiger charge is 2.33. The van der Waals surface area contributed by atoms with Crippen molar-refractivity contribution in [3.05, 3.63) is 23.9 Å². The maximum Gasteiger partial charge on any atom is 0.327 e. The van der Waals surface area contributed by atoms with Crippen molar-refractivity contribution in [2.75, 3.05) is 25.5 Å². The van der Waals surface area contributed by atoms with E-state index in [1.165, 1.54) is 9.80 Å². The van der Waals surface area contributed by atoms with Gasteiger partial charge in [0.25, 0.3) is 5.91 Å². The Morgan fingerprint density at radius 1 is 1.42 bits per heavy atom. The minimum Gasteiger partial charge on any atom is -0.370 e. The van der Waals surface area contributed by atoms with Gasteiger partial charge in [-0.15, -0.1) is 0 Å². The number of amides is 3. The minimum absolute atomic E-state index is 0.150. The molecule has 1 saturated heterocycles. The van der Waals surface area contributed by atoms with Crippen molar-refractivity contribution in [2.45, 2.75) is 19.9 Å². The minimum atomic E-state index is -0.254. The number of pyridine rings is 1. The predicted octanol–water partition coefficient (Wildman–Crippen LogP) is 1.30. The molecule has 6 heteroatoms. The summed E-state index contributed by atoms with van der Waals surface area (Å²) in [6, 6.07) is 3.43. The lowest BCUT2D eigenvalue weighted by Crippen LogP contribution is -2.31. The molecular formula is C13H18N4O2. The lowest BCUT2D eigenvalue weighted by molar-refractivity contribution is -0.125. The number of aromatic nitrogens is 1. The van der Waals surface area contributed by atoms with Crippen molar-refractivity contribution < 1.29 is 9.59 Å². The van der Waals surface area contributed by atoms with Gasteiger partial charge in [0.05, 0.1) is 6.54 Å². The molecule has 0 radical (unpaired) electrons. The molecule has 2 heterocycles. The molecule has 1 N–H and O–H groups in total. The fourth-order valence-electron chi connectivity index (χ4n) is 1.96. The summed E-state index contributed by atoms with van der Waals surface area (Å²) in [4.78, 5) is 30.5. The molecule has 0 saturated carbocycles. The van der Waals surface area contributed by atoms with E-state index in [4.69, 9.17) is 0 Å². The average molecular weight is 262 g/mol. The van der Waals surface area contributed by atoms with Crippen LogP contribution in [0.2, 0.25) is 0 Å². The van der Waals surface area contributed by atoms with E-state index in [9.17, 15) is 9.59 Å². The Kier molecular flexibility index (Phi) is 3.99. The smallest absolute Gasteiger partial charge is 0.327 e. The lowest BCUT2D eigenvalue weighted by atomic mass is 10.2. The van der Waals surface area contributed by atoms with Crippen LogP contribution in [-0.2, 0) is 11.3 Å². The molecule has 3 amide bonds. The Bertz CT molecular complexity index is 489. The van der Waals surface area contributed by atoms with Gasteiger partial charge >= 0.3 is 6.03 Å². The molecule has 19 heavy (non-hydrogen) atoms. The number of hydrogen-bond donors (Lipinski definition) is 1. The van der Waals surface area contributed by atoms with Crippen LogP contribution in [0.1, 0.15) is 18.9 Å². The van der Waals surface area contributed by atoms with Crippen LogP contribution in [0.5, 0.6) is 0 Å². The molecule has 1 fully saturated rings. The average Bonchev–Trinajstić information content (AvgIpc) is 2.64. The van der Waals surface area contributed by atoms with Crippen LogP contribution in [0.4, 0.5) is 10.6 Å². The lowest BCUT2D eigenvalue weighted by Gasteiger charge is -2.16. The standard InChI is InChI=1S/C13H18N4O2/c1-3-6-14-12-10(5-4-7-15-12)8-17-11(18)9-16(2)13(17)19/h4-5,7H,3,6,8-9H2,1-2H3,(H,14,15). The van der Waals surface area contributed by atoms with Crippen LogP contribution in [0, 0.1) is 0 Å². The van der Waals surface area contributed by atoms with E-state index < -0.39 is 0 Å². The molecule has 6 nitrogen and oxygen atoms in total. The number of nitrogens with one attached hydrogen (secondary N) is 1. The van der Waals surface area contributed by atoms with Crippen molar-refractivity contribution in [3.63, 3.8) is 0 Å². The van der Waals surface area contributed by atoms with Gasteiger partial charge in [0.2, 0.25) is 0 Å². The molecule has 102 valence electrons. The number of urea groups is 1. The number of hydrogen-bond acceptors (Lipinski definition) is 4. The number of carbonyl (C=O) groups is 2. The van der Waals surface area contributed by atoms with E-state index in [2.05, 4.69) is 17.2 Å². The van der Waals surface area contributed by atoms with E-state index in [0.717, 1.165) is 24.3 Å². The molecule has 0 aromatic carbocycles. The van der Waals surface area contributed by atoms with E-state index in [1.807, 2.05) is 6.07 Å². The molecule has 0 unspecified atom stereocenters. The molecule has 0 aliphatic carbocycles. The third-order valence-corrected chi connectivity index (χ3v) is 2.99. The van der Waals surface area contributed by atoms with E-state index in [0.29, 0.717) is 0 Å². The fraction of sp³-hybridized carbons (Fsp3) is 0.462. The van der Waals surface area contributed by atoms with Crippen molar-refractivity contribution in [2.24, 2.45) is 0 Å². The van der Waals surface area contributed by atoms with Gasteiger partial charge in [-0.05, 0) is 12.5 Å². The van der Waals surface area contributed by atoms with Crippen LogP contribution >= 0.6 is 0 Å². The van der Waals surface area contributed by atoms with Gasteiger partial charge in [0, 0.05) is 25.4 Å². The van der Waals surface area contributed by atoms with Crippen molar-refractivity contribution in [1.82, 2.24) is 14.8 Å². The summed E-state index contributed by atoms with van der Waals surface area (Å²) in [5.41, 5.74) is 0.855. The van der Waals surface area contributed by atoms with Crippen LogP contribution in [-0.4, -0.2) is 46.9 Å². The Morgan fingerprint density at radius 2 is 2.21 bits per heavy atom. The molecule has 0 atom stereocenters. The van der Waals surface area contributed by atoms with Crippen LogP contribution in [0.3, 0.4) is 0 Å². The number of carbonyl (C=O) groups excluding carboxylic acids is 2. The second-order valence-electron chi connectivity index (χ2n) is 4.56. The van der Waals surface area contributed by atoms with Gasteiger partial charge in [0.1, 0.15) is 12.4 Å². The van der Waals surface area contributed by atoms with E-state index in [-0.39, 0.29) is 25.0 Å². The maximum absolute atomic E-state index is 11.8. The second kappa shape index (κ2) is 5.69. The molecule has 1 aromatic heterocycles. The highest BCUT2D eigenvalue weighted by molar-refractivity contribution is 6.01. The summed E-state index contributed by atoms with van der Waals surface area (Å²) in [5.74, 6) is 0.567. The van der Waals surface area contributed by atoms with Crippen LogP contribution in [0.25, 0.3) is 0 Å². The zero-order valence-electron chi connectivity index (χ0n) is 11.2. The first kappa shape index (κ1) is 13.3. The summed E-state index contributed by atoms with van der Waals surface area (Å²) < 4.78 is 0.